The number of amides is 1. The lowest BCUT2D eigenvalue weighted by molar-refractivity contribution is 0.0944. The van der Waals surface area contributed by atoms with Crippen molar-refractivity contribution in [3.05, 3.63) is 17.6 Å². The van der Waals surface area contributed by atoms with Gasteiger partial charge in [-0.1, -0.05) is 39.5 Å². The van der Waals surface area contributed by atoms with Crippen molar-refractivity contribution in [3.63, 3.8) is 0 Å². The van der Waals surface area contributed by atoms with Crippen LogP contribution in [0.15, 0.2) is 6.20 Å². The fraction of sp³-hybridized carbons (Fsp3) is 0.750. The van der Waals surface area contributed by atoms with Crippen LogP contribution in [-0.2, 0) is 4.74 Å². The van der Waals surface area contributed by atoms with E-state index in [4.69, 9.17) is 9.72 Å². The van der Waals surface area contributed by atoms with Crippen LogP contribution in [0.5, 0.6) is 0 Å². The first-order chi connectivity index (χ1) is 12.7. The molecule has 144 valence electrons. The summed E-state index contributed by atoms with van der Waals surface area (Å²) in [7, 11) is 0. The lowest BCUT2D eigenvalue weighted by Gasteiger charge is -2.28. The minimum absolute atomic E-state index is 0.0840. The Bertz CT molecular complexity index is 595. The van der Waals surface area contributed by atoms with Crippen LogP contribution >= 0.6 is 0 Å². The average Bonchev–Trinajstić information content (AvgIpc) is 3.21. The Labute approximate surface area is 156 Å². The number of carbonyl (C=O) groups is 1. The molecule has 6 nitrogen and oxygen atoms in total. The van der Waals surface area contributed by atoms with Gasteiger partial charge in [-0.3, -0.25) is 4.79 Å². The van der Waals surface area contributed by atoms with Gasteiger partial charge in [0.25, 0.3) is 5.91 Å². The summed E-state index contributed by atoms with van der Waals surface area (Å²) in [6, 6.07) is 0. The maximum Gasteiger partial charge on any atom is 0.271 e. The second-order valence-corrected chi connectivity index (χ2v) is 7.57. The Morgan fingerprint density at radius 1 is 1.35 bits per heavy atom. The first kappa shape index (κ1) is 19.1. The largest absolute Gasteiger partial charge is 0.378 e. The number of rotatable bonds is 7. The quantitative estimate of drug-likeness (QED) is 0.809. The number of morpholine rings is 1. The van der Waals surface area contributed by atoms with E-state index in [0.717, 1.165) is 49.9 Å². The Kier molecular flexibility index (Phi) is 6.83. The third-order valence-electron chi connectivity index (χ3n) is 5.73. The first-order valence-electron chi connectivity index (χ1n) is 10.2. The predicted molar refractivity (Wildman–Crippen MR) is 103 cm³/mol. The van der Waals surface area contributed by atoms with Crippen molar-refractivity contribution in [2.45, 2.75) is 58.3 Å². The highest BCUT2D eigenvalue weighted by atomic mass is 16.5. The molecule has 2 fully saturated rings. The topological polar surface area (TPSA) is 67.3 Å². The molecule has 0 radical (unpaired) electrons. The van der Waals surface area contributed by atoms with Gasteiger partial charge in [0, 0.05) is 25.6 Å². The van der Waals surface area contributed by atoms with Gasteiger partial charge in [-0.05, 0) is 18.8 Å². The SMILES string of the molecule is CCC(C)c1nc(N2CCOCC2)cnc1C(=O)NCCC1CCCC1. The van der Waals surface area contributed by atoms with Crippen molar-refractivity contribution < 1.29 is 9.53 Å². The second kappa shape index (κ2) is 9.31. The lowest BCUT2D eigenvalue weighted by Crippen LogP contribution is -2.37. The zero-order chi connectivity index (χ0) is 18.4. The Morgan fingerprint density at radius 2 is 2.08 bits per heavy atom. The smallest absolute Gasteiger partial charge is 0.271 e. The second-order valence-electron chi connectivity index (χ2n) is 7.57. The number of hydrogen-bond acceptors (Lipinski definition) is 5. The summed E-state index contributed by atoms with van der Waals surface area (Å²) in [5.74, 6) is 1.75. The summed E-state index contributed by atoms with van der Waals surface area (Å²) in [5.41, 5.74) is 1.30. The van der Waals surface area contributed by atoms with Crippen molar-refractivity contribution >= 4 is 11.7 Å². The summed E-state index contributed by atoms with van der Waals surface area (Å²) in [4.78, 5) is 24.2. The summed E-state index contributed by atoms with van der Waals surface area (Å²) in [6.45, 7) is 8.03. The molecule has 1 saturated heterocycles. The highest BCUT2D eigenvalue weighted by molar-refractivity contribution is 5.93. The van der Waals surface area contributed by atoms with Gasteiger partial charge in [0.15, 0.2) is 0 Å². The van der Waals surface area contributed by atoms with Crippen LogP contribution < -0.4 is 10.2 Å². The number of nitrogens with zero attached hydrogens (tertiary/aromatic N) is 3. The van der Waals surface area contributed by atoms with E-state index >= 15 is 0 Å². The zero-order valence-electron chi connectivity index (χ0n) is 16.2. The summed E-state index contributed by atoms with van der Waals surface area (Å²) in [6.07, 6.45) is 9.04. The Balaban J connectivity index is 1.68. The molecule has 1 N–H and O–H groups in total. The molecule has 2 aliphatic rings. The van der Waals surface area contributed by atoms with Crippen LogP contribution in [0.1, 0.15) is 74.5 Å². The average molecular weight is 361 g/mol. The maximum absolute atomic E-state index is 12.7. The monoisotopic (exact) mass is 360 g/mol. The van der Waals surface area contributed by atoms with E-state index in [1.165, 1.54) is 25.7 Å². The number of carbonyl (C=O) groups excluding carboxylic acids is 1. The van der Waals surface area contributed by atoms with Gasteiger partial charge < -0.3 is 15.0 Å². The van der Waals surface area contributed by atoms with Gasteiger partial charge in [-0.2, -0.15) is 0 Å². The van der Waals surface area contributed by atoms with Crippen molar-refractivity contribution in [1.82, 2.24) is 15.3 Å². The van der Waals surface area contributed by atoms with E-state index in [9.17, 15) is 4.79 Å². The van der Waals surface area contributed by atoms with E-state index in [2.05, 4.69) is 29.0 Å². The molecule has 1 unspecified atom stereocenters. The maximum atomic E-state index is 12.7. The Hall–Kier alpha value is -1.69. The molecule has 1 saturated carbocycles. The first-order valence-corrected chi connectivity index (χ1v) is 10.2. The molecule has 1 aliphatic carbocycles. The molecule has 1 atom stereocenters. The molecular formula is C20H32N4O2. The molecule has 1 aromatic rings. The van der Waals surface area contributed by atoms with Gasteiger partial charge in [0.2, 0.25) is 0 Å². The summed E-state index contributed by atoms with van der Waals surface area (Å²) >= 11 is 0. The number of anilines is 1. The number of aromatic nitrogens is 2. The summed E-state index contributed by atoms with van der Waals surface area (Å²) in [5, 5.41) is 3.07. The third kappa shape index (κ3) is 4.72. The Morgan fingerprint density at radius 3 is 2.77 bits per heavy atom. The molecule has 0 aromatic carbocycles. The molecule has 0 spiro atoms. The molecule has 1 aliphatic heterocycles. The molecule has 1 aromatic heterocycles. The van der Waals surface area contributed by atoms with Crippen LogP contribution in [0, 0.1) is 5.92 Å². The fourth-order valence-corrected chi connectivity index (χ4v) is 3.82. The number of ether oxygens (including phenoxy) is 1. The van der Waals surface area contributed by atoms with E-state index < -0.39 is 0 Å². The predicted octanol–water partition coefficient (Wildman–Crippen LogP) is 3.14. The number of hydrogen-bond donors (Lipinski definition) is 1. The molecule has 6 heteroatoms. The van der Waals surface area contributed by atoms with Crippen molar-refractivity contribution in [2.24, 2.45) is 5.92 Å². The van der Waals surface area contributed by atoms with Gasteiger partial charge >= 0.3 is 0 Å². The van der Waals surface area contributed by atoms with E-state index in [1.807, 2.05) is 0 Å². The van der Waals surface area contributed by atoms with Crippen LogP contribution in [-0.4, -0.2) is 48.7 Å². The molecular weight excluding hydrogens is 328 g/mol. The minimum atomic E-state index is -0.0840. The van der Waals surface area contributed by atoms with Crippen LogP contribution in [0.25, 0.3) is 0 Å². The zero-order valence-corrected chi connectivity index (χ0v) is 16.2. The molecule has 26 heavy (non-hydrogen) atoms. The normalized spacial score (nSPS) is 19.5. The molecule has 3 rings (SSSR count). The van der Waals surface area contributed by atoms with Gasteiger partial charge in [0.05, 0.1) is 25.1 Å². The third-order valence-corrected chi connectivity index (χ3v) is 5.73. The molecule has 2 heterocycles. The van der Waals surface area contributed by atoms with Crippen LogP contribution in [0.3, 0.4) is 0 Å². The van der Waals surface area contributed by atoms with Crippen LogP contribution in [0.4, 0.5) is 5.82 Å². The van der Waals surface area contributed by atoms with Gasteiger partial charge in [-0.15, -0.1) is 0 Å². The number of nitrogens with one attached hydrogen (secondary N) is 1. The fourth-order valence-electron chi connectivity index (χ4n) is 3.82. The highest BCUT2D eigenvalue weighted by Gasteiger charge is 2.22. The van der Waals surface area contributed by atoms with Gasteiger partial charge in [-0.25, -0.2) is 9.97 Å². The van der Waals surface area contributed by atoms with E-state index in [0.29, 0.717) is 18.9 Å². The van der Waals surface area contributed by atoms with Crippen molar-refractivity contribution in [2.75, 3.05) is 37.7 Å². The molecule has 1 amide bonds. The van der Waals surface area contributed by atoms with Crippen LogP contribution in [0.2, 0.25) is 0 Å². The minimum Gasteiger partial charge on any atom is -0.378 e. The van der Waals surface area contributed by atoms with Crippen molar-refractivity contribution in [1.29, 1.82) is 0 Å². The summed E-state index contributed by atoms with van der Waals surface area (Å²) < 4.78 is 5.41. The highest BCUT2D eigenvalue weighted by Crippen LogP contribution is 2.27. The lowest BCUT2D eigenvalue weighted by atomic mass is 10.0. The standard InChI is InChI=1S/C20H32N4O2/c1-3-15(2)18-19(20(25)21-9-8-16-6-4-5-7-16)22-14-17(23-18)24-10-12-26-13-11-24/h14-16H,3-13H2,1-2H3,(H,21,25). The van der Waals surface area contributed by atoms with Gasteiger partial charge in [0.1, 0.15) is 11.5 Å². The molecule has 0 bridgehead atoms. The van der Waals surface area contributed by atoms with E-state index in [-0.39, 0.29) is 11.8 Å². The van der Waals surface area contributed by atoms with E-state index in [1.54, 1.807) is 6.20 Å². The van der Waals surface area contributed by atoms with Crippen molar-refractivity contribution in [3.8, 4) is 0 Å².